The molecular formula is C31H31N6PS. The molecule has 5 heterocycles. The lowest BCUT2D eigenvalue weighted by atomic mass is 10.0. The minimum absolute atomic E-state index is 0.531. The first kappa shape index (κ1) is 25.5. The van der Waals surface area contributed by atoms with Crippen LogP contribution in [0.1, 0.15) is 38.2 Å². The van der Waals surface area contributed by atoms with Gasteiger partial charge in [0.2, 0.25) is 0 Å². The van der Waals surface area contributed by atoms with Gasteiger partial charge in [-0.15, -0.1) is 11.3 Å². The van der Waals surface area contributed by atoms with Crippen molar-refractivity contribution in [2.24, 2.45) is 5.92 Å². The maximum Gasteiger partial charge on any atom is 0.181 e. The van der Waals surface area contributed by atoms with Crippen molar-refractivity contribution in [3.8, 4) is 21.8 Å². The quantitative estimate of drug-likeness (QED) is 0.138. The molecule has 0 aliphatic heterocycles. The third kappa shape index (κ3) is 5.00. The van der Waals surface area contributed by atoms with Crippen LogP contribution in [0.5, 0.6) is 0 Å². The number of aromatic nitrogens is 5. The van der Waals surface area contributed by atoms with Crippen molar-refractivity contribution in [2.75, 3.05) is 0 Å². The van der Waals surface area contributed by atoms with Crippen molar-refractivity contribution >= 4 is 52.7 Å². The number of allylic oxidation sites excluding steroid dienone is 5. The molecule has 3 N–H and O–H groups in total. The zero-order valence-corrected chi connectivity index (χ0v) is 23.9. The van der Waals surface area contributed by atoms with Gasteiger partial charge in [0.15, 0.2) is 5.65 Å². The number of nitrogens with zero attached hydrogens (tertiary/aromatic N) is 3. The number of fused-ring (bicyclic) bond motifs is 2. The van der Waals surface area contributed by atoms with Gasteiger partial charge in [0, 0.05) is 55.2 Å². The summed E-state index contributed by atoms with van der Waals surface area (Å²) in [5.41, 5.74) is 8.67. The molecular weight excluding hydrogens is 519 g/mol. The second-order valence-corrected chi connectivity index (χ2v) is 12.1. The molecule has 6 nitrogen and oxygen atoms in total. The Labute approximate surface area is 234 Å². The van der Waals surface area contributed by atoms with Gasteiger partial charge in [0.25, 0.3) is 0 Å². The van der Waals surface area contributed by atoms with Crippen molar-refractivity contribution in [1.29, 1.82) is 0 Å². The molecule has 196 valence electrons. The predicted octanol–water partition coefficient (Wildman–Crippen LogP) is 7.50. The molecule has 6 rings (SSSR count). The molecule has 0 aromatic carbocycles. The van der Waals surface area contributed by atoms with Crippen LogP contribution in [-0.2, 0) is 0 Å². The number of thiophene rings is 1. The highest BCUT2D eigenvalue weighted by Crippen LogP contribution is 2.35. The van der Waals surface area contributed by atoms with E-state index in [1.807, 2.05) is 31.6 Å². The van der Waals surface area contributed by atoms with Gasteiger partial charge in [0.1, 0.15) is 0 Å². The highest BCUT2D eigenvalue weighted by Gasteiger charge is 2.19. The molecule has 5 aromatic heterocycles. The fourth-order valence-corrected chi connectivity index (χ4v) is 6.63. The third-order valence-electron chi connectivity index (χ3n) is 7.44. The van der Waals surface area contributed by atoms with Crippen LogP contribution in [0, 0.1) is 5.92 Å². The number of aromatic amines is 2. The Morgan fingerprint density at radius 3 is 2.74 bits per heavy atom. The molecule has 0 saturated heterocycles. The summed E-state index contributed by atoms with van der Waals surface area (Å²) >= 11 is 1.74. The summed E-state index contributed by atoms with van der Waals surface area (Å²) in [6, 6.07) is 8.56. The van der Waals surface area contributed by atoms with Gasteiger partial charge in [-0.25, -0.2) is 4.98 Å². The molecule has 1 saturated carbocycles. The van der Waals surface area contributed by atoms with Crippen LogP contribution >= 0.6 is 20.6 Å². The maximum absolute atomic E-state index is 4.67. The van der Waals surface area contributed by atoms with E-state index in [-0.39, 0.29) is 0 Å². The topological polar surface area (TPSA) is 82.3 Å². The van der Waals surface area contributed by atoms with Crippen molar-refractivity contribution in [1.82, 2.24) is 30.5 Å². The lowest BCUT2D eigenvalue weighted by Crippen LogP contribution is -2.16. The van der Waals surface area contributed by atoms with Gasteiger partial charge in [-0.1, -0.05) is 41.3 Å². The van der Waals surface area contributed by atoms with Crippen molar-refractivity contribution in [3.63, 3.8) is 0 Å². The van der Waals surface area contributed by atoms with Gasteiger partial charge < -0.3 is 10.3 Å². The second kappa shape index (κ2) is 10.8. The van der Waals surface area contributed by atoms with Gasteiger partial charge >= 0.3 is 0 Å². The van der Waals surface area contributed by atoms with Crippen LogP contribution in [0.4, 0.5) is 0 Å². The molecule has 0 bridgehead atoms. The lowest BCUT2D eigenvalue weighted by molar-refractivity contribution is 0.607. The van der Waals surface area contributed by atoms with Gasteiger partial charge in [0.05, 0.1) is 23.1 Å². The van der Waals surface area contributed by atoms with Crippen molar-refractivity contribution in [3.05, 3.63) is 91.2 Å². The van der Waals surface area contributed by atoms with Gasteiger partial charge in [-0.2, -0.15) is 5.10 Å². The molecule has 39 heavy (non-hydrogen) atoms. The Morgan fingerprint density at radius 2 is 2.00 bits per heavy atom. The summed E-state index contributed by atoms with van der Waals surface area (Å²) in [7, 11) is 2.77. The van der Waals surface area contributed by atoms with E-state index in [0.29, 0.717) is 11.6 Å². The number of hydrogen-bond acceptors (Lipinski definition) is 5. The summed E-state index contributed by atoms with van der Waals surface area (Å²) in [6.45, 7) is 10.4. The zero-order chi connectivity index (χ0) is 26.9. The summed E-state index contributed by atoms with van der Waals surface area (Å²) in [6.07, 6.45) is 16.7. The molecule has 5 aromatic rings. The molecule has 1 fully saturated rings. The van der Waals surface area contributed by atoms with Crippen LogP contribution < -0.4 is 9.94 Å². The number of H-pyrrole nitrogens is 2. The molecule has 1 aliphatic carbocycles. The van der Waals surface area contributed by atoms with Crippen LogP contribution in [0.15, 0.2) is 85.6 Å². The first-order valence-corrected chi connectivity index (χ1v) is 14.6. The van der Waals surface area contributed by atoms with Crippen LogP contribution in [0.25, 0.3) is 49.3 Å². The van der Waals surface area contributed by atoms with E-state index in [4.69, 9.17) is 0 Å². The molecule has 8 heteroatoms. The molecule has 1 aliphatic rings. The molecule has 1 unspecified atom stereocenters. The van der Waals surface area contributed by atoms with E-state index in [1.54, 1.807) is 11.3 Å². The van der Waals surface area contributed by atoms with E-state index in [9.17, 15) is 0 Å². The summed E-state index contributed by atoms with van der Waals surface area (Å²) in [5, 5.41) is 13.3. The zero-order valence-electron chi connectivity index (χ0n) is 21.9. The highest BCUT2D eigenvalue weighted by molar-refractivity contribution is 7.44. The maximum atomic E-state index is 4.67. The van der Waals surface area contributed by atoms with Crippen molar-refractivity contribution < 1.29 is 0 Å². The Bertz CT molecular complexity index is 1760. The Hall–Kier alpha value is -3.80. The van der Waals surface area contributed by atoms with E-state index >= 15 is 0 Å². The fraction of sp³-hybridized carbons (Fsp3) is 0.194. The van der Waals surface area contributed by atoms with Crippen LogP contribution in [0.2, 0.25) is 0 Å². The minimum Gasteiger partial charge on any atom is -0.359 e. The Kier molecular flexibility index (Phi) is 7.03. The number of rotatable bonds is 8. The normalized spacial score (nSPS) is 14.9. The second-order valence-electron chi connectivity index (χ2n) is 9.91. The van der Waals surface area contributed by atoms with Gasteiger partial charge in [-0.3, -0.25) is 10.1 Å². The minimum atomic E-state index is 0.531. The largest absolute Gasteiger partial charge is 0.359 e. The number of nitrogens with one attached hydrogen (secondary N) is 3. The molecule has 0 spiro atoms. The first-order chi connectivity index (χ1) is 19.0. The third-order valence-corrected chi connectivity index (χ3v) is 8.94. The summed E-state index contributed by atoms with van der Waals surface area (Å²) in [5.74, 6) is 0.531. The van der Waals surface area contributed by atoms with Crippen LogP contribution in [0.3, 0.4) is 0 Å². The predicted molar refractivity (Wildman–Crippen MR) is 168 cm³/mol. The summed E-state index contributed by atoms with van der Waals surface area (Å²) < 4.78 is 1.20. The van der Waals surface area contributed by atoms with E-state index in [0.717, 1.165) is 55.8 Å². The Balaban J connectivity index is 1.35. The number of pyridine rings is 2. The monoisotopic (exact) mass is 550 g/mol. The number of hydrogen-bond donors (Lipinski definition) is 3. The van der Waals surface area contributed by atoms with E-state index in [2.05, 4.69) is 89.3 Å². The fourth-order valence-electron chi connectivity index (χ4n) is 5.35. The van der Waals surface area contributed by atoms with E-state index < -0.39 is 0 Å². The van der Waals surface area contributed by atoms with Crippen LogP contribution in [-0.4, -0.2) is 25.1 Å². The highest BCUT2D eigenvalue weighted by atomic mass is 32.1. The average Bonchev–Trinajstić information content (AvgIpc) is 3.76. The average molecular weight is 551 g/mol. The van der Waals surface area contributed by atoms with E-state index in [1.165, 1.54) is 35.2 Å². The lowest BCUT2D eigenvalue weighted by Gasteiger charge is -2.16. The van der Waals surface area contributed by atoms with Gasteiger partial charge in [-0.05, 0) is 67.7 Å². The SMILES string of the molecule is C=C/C(=C\C(=C/C)c1cnc2n[nH]c(-c3cc4c(-c5ccc(P)s5)cncc4[nH]3)c2c1)NC(=C)C1CCCC1. The smallest absolute Gasteiger partial charge is 0.181 e. The molecule has 1 atom stereocenters. The first-order valence-electron chi connectivity index (χ1n) is 13.2. The summed E-state index contributed by atoms with van der Waals surface area (Å²) in [4.78, 5) is 13.9. The molecule has 0 amide bonds. The van der Waals surface area contributed by atoms with Crippen molar-refractivity contribution in [2.45, 2.75) is 32.6 Å². The standard InChI is InChI=1S/C31H31N6PS/c1-4-19(12-22(5-2)34-18(3)20-8-6-7-9-20)21-13-24-30(36-37-31(24)33-15-21)26-14-23-25(16-32-17-27(23)35-26)28-10-11-29(38)39-28/h4-5,10-17,20,34-35H,2-3,6-9,38H2,1H3,(H,33,36,37)/b19-4+,22-12+. The molecule has 0 radical (unpaired) electrons. The Morgan fingerprint density at radius 1 is 1.15 bits per heavy atom.